The maximum Gasteiger partial charge on any atom is 0.238 e. The minimum Gasteiger partial charge on any atom is -0.325 e. The molecule has 90 valence electrons. The lowest BCUT2D eigenvalue weighted by Gasteiger charge is -2.17. The number of para-hydroxylation sites is 1. The van der Waals surface area contributed by atoms with E-state index >= 15 is 0 Å². The van der Waals surface area contributed by atoms with Gasteiger partial charge in [-0.2, -0.15) is 5.26 Å². The van der Waals surface area contributed by atoms with E-state index in [0.717, 1.165) is 5.69 Å². The molecular weight excluding hydrogens is 214 g/mol. The van der Waals surface area contributed by atoms with Gasteiger partial charge in [-0.15, -0.1) is 0 Å². The number of anilines is 1. The first kappa shape index (κ1) is 13.2. The van der Waals surface area contributed by atoms with Crippen molar-refractivity contribution in [1.82, 2.24) is 4.90 Å². The van der Waals surface area contributed by atoms with Gasteiger partial charge in [0.25, 0.3) is 0 Å². The molecule has 4 nitrogen and oxygen atoms in total. The molecule has 0 saturated heterocycles. The molecule has 17 heavy (non-hydrogen) atoms. The zero-order valence-electron chi connectivity index (χ0n) is 10.2. The molecule has 1 rings (SSSR count). The Labute approximate surface area is 102 Å². The van der Waals surface area contributed by atoms with Crippen LogP contribution in [0.4, 0.5) is 5.69 Å². The monoisotopic (exact) mass is 231 g/mol. The predicted molar refractivity (Wildman–Crippen MR) is 67.3 cm³/mol. The van der Waals surface area contributed by atoms with Crippen LogP contribution in [0.15, 0.2) is 30.3 Å². The standard InChI is InChI=1S/C13H17N3O/c1-11(8-14)9-16(2)10-13(17)15-12-6-4-3-5-7-12/h3-7,11H,9-10H2,1-2H3,(H,15,17). The molecule has 0 aliphatic rings. The highest BCUT2D eigenvalue weighted by atomic mass is 16.2. The summed E-state index contributed by atoms with van der Waals surface area (Å²) >= 11 is 0. The molecule has 0 saturated carbocycles. The number of benzene rings is 1. The molecule has 1 amide bonds. The minimum absolute atomic E-state index is 0.0653. The summed E-state index contributed by atoms with van der Waals surface area (Å²) in [5.41, 5.74) is 0.791. The summed E-state index contributed by atoms with van der Waals surface area (Å²) in [6.45, 7) is 2.73. The first-order valence-electron chi connectivity index (χ1n) is 5.55. The molecule has 0 fully saturated rings. The van der Waals surface area contributed by atoms with Crippen molar-refractivity contribution in [3.8, 4) is 6.07 Å². The Hall–Kier alpha value is -1.86. The number of amides is 1. The van der Waals surface area contributed by atoms with E-state index in [1.165, 1.54) is 0 Å². The average molecular weight is 231 g/mol. The van der Waals surface area contributed by atoms with Crippen molar-refractivity contribution < 1.29 is 4.79 Å². The number of hydrogen-bond acceptors (Lipinski definition) is 3. The van der Waals surface area contributed by atoms with E-state index in [1.807, 2.05) is 49.2 Å². The Morgan fingerprint density at radius 1 is 1.47 bits per heavy atom. The molecule has 0 bridgehead atoms. The normalized spacial score (nSPS) is 11.9. The summed E-state index contributed by atoms with van der Waals surface area (Å²) in [6.07, 6.45) is 0. The molecular formula is C13H17N3O. The number of nitrogens with zero attached hydrogens (tertiary/aromatic N) is 2. The number of carbonyl (C=O) groups excluding carboxylic acids is 1. The van der Waals surface area contributed by atoms with Crippen molar-refractivity contribution in [2.75, 3.05) is 25.5 Å². The Kier molecular flexibility index (Phi) is 5.18. The SMILES string of the molecule is CC(C#N)CN(C)CC(=O)Nc1ccccc1. The van der Waals surface area contributed by atoms with Gasteiger partial charge < -0.3 is 5.32 Å². The molecule has 1 aromatic rings. The molecule has 0 heterocycles. The molecule has 4 heteroatoms. The van der Waals surface area contributed by atoms with Crippen molar-refractivity contribution in [3.63, 3.8) is 0 Å². The van der Waals surface area contributed by atoms with Gasteiger partial charge in [-0.1, -0.05) is 18.2 Å². The quantitative estimate of drug-likeness (QED) is 0.839. The first-order chi connectivity index (χ1) is 8.11. The molecule has 1 aromatic carbocycles. The van der Waals surface area contributed by atoms with Crippen LogP contribution in [0.1, 0.15) is 6.92 Å². The Bertz CT molecular complexity index is 397. The largest absolute Gasteiger partial charge is 0.325 e. The molecule has 1 unspecified atom stereocenters. The zero-order valence-corrected chi connectivity index (χ0v) is 10.2. The summed E-state index contributed by atoms with van der Waals surface area (Å²) in [5, 5.41) is 11.5. The van der Waals surface area contributed by atoms with Gasteiger partial charge in [0, 0.05) is 12.2 Å². The van der Waals surface area contributed by atoms with E-state index in [4.69, 9.17) is 5.26 Å². The lowest BCUT2D eigenvalue weighted by molar-refractivity contribution is -0.117. The maximum atomic E-state index is 11.7. The molecule has 1 N–H and O–H groups in total. The van der Waals surface area contributed by atoms with Crippen LogP contribution >= 0.6 is 0 Å². The molecule has 0 radical (unpaired) electrons. The second-order valence-electron chi connectivity index (χ2n) is 4.14. The fraction of sp³-hybridized carbons (Fsp3) is 0.385. The van der Waals surface area contributed by atoms with Crippen molar-refractivity contribution in [2.45, 2.75) is 6.92 Å². The van der Waals surface area contributed by atoms with Crippen LogP contribution in [0.5, 0.6) is 0 Å². The number of nitrogens with one attached hydrogen (secondary N) is 1. The Morgan fingerprint density at radius 3 is 2.71 bits per heavy atom. The third-order valence-electron chi connectivity index (χ3n) is 2.28. The van der Waals surface area contributed by atoms with Crippen molar-refractivity contribution in [2.24, 2.45) is 5.92 Å². The molecule has 1 atom stereocenters. The fourth-order valence-electron chi connectivity index (χ4n) is 1.54. The molecule has 0 aliphatic carbocycles. The van der Waals surface area contributed by atoms with Gasteiger partial charge in [0.05, 0.1) is 18.5 Å². The predicted octanol–water partition coefficient (Wildman–Crippen LogP) is 1.72. The van der Waals surface area contributed by atoms with Gasteiger partial charge in [0.15, 0.2) is 0 Å². The zero-order chi connectivity index (χ0) is 12.7. The highest BCUT2D eigenvalue weighted by Crippen LogP contribution is 2.05. The third kappa shape index (κ3) is 5.14. The van der Waals surface area contributed by atoms with E-state index in [-0.39, 0.29) is 11.8 Å². The Morgan fingerprint density at radius 2 is 2.12 bits per heavy atom. The van der Waals surface area contributed by atoms with Crippen LogP contribution in [-0.4, -0.2) is 30.9 Å². The topological polar surface area (TPSA) is 56.1 Å². The summed E-state index contributed by atoms with van der Waals surface area (Å²) < 4.78 is 0. The van der Waals surface area contributed by atoms with Crippen molar-refractivity contribution >= 4 is 11.6 Å². The molecule has 0 aromatic heterocycles. The molecule has 0 spiro atoms. The van der Waals surface area contributed by atoms with E-state index in [2.05, 4.69) is 11.4 Å². The van der Waals surface area contributed by atoms with E-state index < -0.39 is 0 Å². The van der Waals surface area contributed by atoms with Gasteiger partial charge in [-0.3, -0.25) is 9.69 Å². The average Bonchev–Trinajstić information content (AvgIpc) is 2.29. The summed E-state index contributed by atoms with van der Waals surface area (Å²) in [5.74, 6) is -0.131. The number of likely N-dealkylation sites (N-methyl/N-ethyl adjacent to an activating group) is 1. The van der Waals surface area contributed by atoms with Crippen LogP contribution < -0.4 is 5.32 Å². The van der Waals surface area contributed by atoms with Crippen molar-refractivity contribution in [1.29, 1.82) is 5.26 Å². The van der Waals surface area contributed by atoms with Gasteiger partial charge in [0.2, 0.25) is 5.91 Å². The van der Waals surface area contributed by atoms with Crippen molar-refractivity contribution in [3.05, 3.63) is 30.3 Å². The number of rotatable bonds is 5. The lowest BCUT2D eigenvalue weighted by Crippen LogP contribution is -2.32. The fourth-order valence-corrected chi connectivity index (χ4v) is 1.54. The van der Waals surface area contributed by atoms with Gasteiger partial charge in [0.1, 0.15) is 0 Å². The van der Waals surface area contributed by atoms with Crippen LogP contribution in [0.2, 0.25) is 0 Å². The number of hydrogen-bond donors (Lipinski definition) is 1. The number of carbonyl (C=O) groups is 1. The summed E-state index contributed by atoms with van der Waals surface area (Å²) in [4.78, 5) is 13.5. The second kappa shape index (κ2) is 6.66. The van der Waals surface area contributed by atoms with Gasteiger partial charge >= 0.3 is 0 Å². The highest BCUT2D eigenvalue weighted by Gasteiger charge is 2.09. The minimum atomic E-state index is -0.0659. The lowest BCUT2D eigenvalue weighted by atomic mass is 10.2. The van der Waals surface area contributed by atoms with Crippen LogP contribution in [0.3, 0.4) is 0 Å². The van der Waals surface area contributed by atoms with E-state index in [9.17, 15) is 4.79 Å². The van der Waals surface area contributed by atoms with Gasteiger partial charge in [-0.25, -0.2) is 0 Å². The Balaban J connectivity index is 2.38. The highest BCUT2D eigenvalue weighted by molar-refractivity contribution is 5.92. The maximum absolute atomic E-state index is 11.7. The van der Waals surface area contributed by atoms with E-state index in [1.54, 1.807) is 0 Å². The summed E-state index contributed by atoms with van der Waals surface area (Å²) in [6, 6.07) is 11.5. The number of nitriles is 1. The van der Waals surface area contributed by atoms with E-state index in [0.29, 0.717) is 13.1 Å². The first-order valence-corrected chi connectivity index (χ1v) is 5.55. The van der Waals surface area contributed by atoms with Crippen LogP contribution in [0, 0.1) is 17.2 Å². The molecule has 0 aliphatic heterocycles. The summed E-state index contributed by atoms with van der Waals surface area (Å²) in [7, 11) is 1.83. The van der Waals surface area contributed by atoms with Crippen LogP contribution in [0.25, 0.3) is 0 Å². The van der Waals surface area contributed by atoms with Crippen LogP contribution in [-0.2, 0) is 4.79 Å². The smallest absolute Gasteiger partial charge is 0.238 e. The second-order valence-corrected chi connectivity index (χ2v) is 4.14. The third-order valence-corrected chi connectivity index (χ3v) is 2.28. The van der Waals surface area contributed by atoms with Gasteiger partial charge in [-0.05, 0) is 26.1 Å².